The predicted molar refractivity (Wildman–Crippen MR) is 95.7 cm³/mol. The summed E-state index contributed by atoms with van der Waals surface area (Å²) in [5.41, 5.74) is 0.713. The maximum Gasteiger partial charge on any atom is 0.326 e. The second kappa shape index (κ2) is 7.55. The molecule has 1 aliphatic heterocycles. The van der Waals surface area contributed by atoms with Crippen LogP contribution in [0, 0.1) is 6.92 Å². The number of nitrogens with zero attached hydrogens (tertiary/aromatic N) is 3. The number of ether oxygens (including phenoxy) is 2. The SMILES string of the molecule is COCc1nc(OC)c2c(C)c(C(=O)N3CCCC[C@@H]3C(=O)O)sc2n1. The number of rotatable bonds is 5. The van der Waals surface area contributed by atoms with E-state index in [1.807, 2.05) is 6.92 Å². The van der Waals surface area contributed by atoms with Gasteiger partial charge in [0.15, 0.2) is 5.82 Å². The van der Waals surface area contributed by atoms with E-state index in [0.29, 0.717) is 45.3 Å². The zero-order valence-electron chi connectivity index (χ0n) is 14.9. The Morgan fingerprint density at radius 3 is 2.73 bits per heavy atom. The van der Waals surface area contributed by atoms with Crippen LogP contribution in [0.5, 0.6) is 5.88 Å². The molecule has 8 nitrogen and oxygen atoms in total. The summed E-state index contributed by atoms with van der Waals surface area (Å²) in [5, 5.41) is 10.1. The number of piperidine rings is 1. The lowest BCUT2D eigenvalue weighted by molar-refractivity contribution is -0.143. The van der Waals surface area contributed by atoms with Crippen molar-refractivity contribution in [2.45, 2.75) is 38.8 Å². The molecule has 1 N–H and O–H groups in total. The Morgan fingerprint density at radius 1 is 1.31 bits per heavy atom. The molecule has 0 spiro atoms. The summed E-state index contributed by atoms with van der Waals surface area (Å²) in [6.45, 7) is 2.49. The normalized spacial score (nSPS) is 17.5. The number of thiophene rings is 1. The molecule has 0 radical (unpaired) electrons. The van der Waals surface area contributed by atoms with E-state index < -0.39 is 12.0 Å². The molecule has 3 heterocycles. The van der Waals surface area contributed by atoms with E-state index in [0.717, 1.165) is 12.8 Å². The summed E-state index contributed by atoms with van der Waals surface area (Å²) in [6.07, 6.45) is 2.10. The zero-order chi connectivity index (χ0) is 18.8. The molecule has 0 aromatic carbocycles. The monoisotopic (exact) mass is 379 g/mol. The lowest BCUT2D eigenvalue weighted by Crippen LogP contribution is -2.47. The molecule has 3 rings (SSSR count). The van der Waals surface area contributed by atoms with E-state index in [2.05, 4.69) is 9.97 Å². The highest BCUT2D eigenvalue weighted by molar-refractivity contribution is 7.20. The molecule has 1 atom stereocenters. The molecule has 1 amide bonds. The van der Waals surface area contributed by atoms with Crippen molar-refractivity contribution in [1.82, 2.24) is 14.9 Å². The molecule has 1 fully saturated rings. The Labute approximate surface area is 154 Å². The first-order chi connectivity index (χ1) is 12.5. The Balaban J connectivity index is 2.05. The fourth-order valence-electron chi connectivity index (χ4n) is 3.25. The average molecular weight is 379 g/mol. The minimum Gasteiger partial charge on any atom is -0.480 e. The summed E-state index contributed by atoms with van der Waals surface area (Å²) in [6, 6.07) is -0.780. The van der Waals surface area contributed by atoms with Gasteiger partial charge in [-0.05, 0) is 31.7 Å². The van der Waals surface area contributed by atoms with Crippen molar-refractivity contribution in [1.29, 1.82) is 0 Å². The predicted octanol–water partition coefficient (Wildman–Crippen LogP) is 2.23. The van der Waals surface area contributed by atoms with Gasteiger partial charge in [-0.15, -0.1) is 11.3 Å². The Morgan fingerprint density at radius 2 is 2.08 bits per heavy atom. The zero-order valence-corrected chi connectivity index (χ0v) is 15.8. The van der Waals surface area contributed by atoms with Gasteiger partial charge in [0.2, 0.25) is 5.88 Å². The Bertz CT molecular complexity index is 851. The van der Waals surface area contributed by atoms with Crippen LogP contribution >= 0.6 is 11.3 Å². The fraction of sp³-hybridized carbons (Fsp3) is 0.529. The van der Waals surface area contributed by atoms with Crippen LogP contribution in [0.15, 0.2) is 0 Å². The van der Waals surface area contributed by atoms with Crippen LogP contribution < -0.4 is 4.74 Å². The van der Waals surface area contributed by atoms with Crippen LogP contribution in [0.3, 0.4) is 0 Å². The summed E-state index contributed by atoms with van der Waals surface area (Å²) in [4.78, 5) is 36.0. The molecule has 26 heavy (non-hydrogen) atoms. The number of aryl methyl sites for hydroxylation is 1. The van der Waals surface area contributed by atoms with Crippen molar-refractivity contribution < 1.29 is 24.2 Å². The molecule has 0 aliphatic carbocycles. The van der Waals surface area contributed by atoms with E-state index in [1.165, 1.54) is 23.3 Å². The molecule has 0 saturated carbocycles. The summed E-state index contributed by atoms with van der Waals surface area (Å²) < 4.78 is 10.5. The number of aliphatic carboxylic acids is 1. The Kier molecular flexibility index (Phi) is 5.38. The van der Waals surface area contributed by atoms with Gasteiger partial charge in [0.1, 0.15) is 17.5 Å². The largest absolute Gasteiger partial charge is 0.480 e. The number of likely N-dealkylation sites (tertiary alicyclic amines) is 1. The van der Waals surface area contributed by atoms with E-state index in [4.69, 9.17) is 9.47 Å². The van der Waals surface area contributed by atoms with Crippen molar-refractivity contribution in [3.8, 4) is 5.88 Å². The standard InChI is InChI=1S/C17H21N3O5S/c1-9-12-14(25-3)18-11(8-24-2)19-15(12)26-13(9)16(21)20-7-5-4-6-10(20)17(22)23/h10H,4-8H2,1-3H3,(H,22,23)/t10-/m1/s1. The number of carbonyl (C=O) groups is 2. The number of carboxylic acids is 1. The van der Waals surface area contributed by atoms with Crippen molar-refractivity contribution in [3.05, 3.63) is 16.3 Å². The van der Waals surface area contributed by atoms with Gasteiger partial charge in [-0.1, -0.05) is 0 Å². The van der Waals surface area contributed by atoms with E-state index in [-0.39, 0.29) is 12.5 Å². The highest BCUT2D eigenvalue weighted by Crippen LogP contribution is 2.36. The van der Waals surface area contributed by atoms with E-state index in [1.54, 1.807) is 7.11 Å². The van der Waals surface area contributed by atoms with E-state index in [9.17, 15) is 14.7 Å². The molecule has 140 valence electrons. The molecule has 0 unspecified atom stereocenters. The second-order valence-corrected chi connectivity index (χ2v) is 7.17. The molecule has 1 saturated heterocycles. The molecular formula is C17H21N3O5S. The molecule has 1 aliphatic rings. The first-order valence-electron chi connectivity index (χ1n) is 8.34. The van der Waals surface area contributed by atoms with Gasteiger partial charge in [-0.3, -0.25) is 4.79 Å². The minimum absolute atomic E-state index is 0.236. The van der Waals surface area contributed by atoms with Crippen molar-refractivity contribution in [2.75, 3.05) is 20.8 Å². The minimum atomic E-state index is -0.962. The lowest BCUT2D eigenvalue weighted by Gasteiger charge is -2.32. The average Bonchev–Trinajstić information content (AvgIpc) is 2.97. The molecule has 9 heteroatoms. The highest BCUT2D eigenvalue weighted by Gasteiger charge is 2.34. The number of methoxy groups -OCH3 is 2. The van der Waals surface area contributed by atoms with Crippen LogP contribution in [0.2, 0.25) is 0 Å². The third kappa shape index (κ3) is 3.24. The number of hydrogen-bond acceptors (Lipinski definition) is 7. The number of fused-ring (bicyclic) bond motifs is 1. The number of carbonyl (C=O) groups excluding carboxylic acids is 1. The fourth-order valence-corrected chi connectivity index (χ4v) is 4.40. The highest BCUT2D eigenvalue weighted by atomic mass is 32.1. The Hall–Kier alpha value is -2.26. The smallest absolute Gasteiger partial charge is 0.326 e. The summed E-state index contributed by atoms with van der Waals surface area (Å²) in [5.74, 6) is -0.369. The quantitative estimate of drug-likeness (QED) is 0.850. The van der Waals surface area contributed by atoms with Gasteiger partial charge in [-0.25, -0.2) is 9.78 Å². The lowest BCUT2D eigenvalue weighted by atomic mass is 10.0. The first-order valence-corrected chi connectivity index (χ1v) is 9.16. The second-order valence-electron chi connectivity index (χ2n) is 6.17. The van der Waals surface area contributed by atoms with E-state index >= 15 is 0 Å². The number of carboxylic acid groups (broad SMARTS) is 1. The maximum absolute atomic E-state index is 13.1. The van der Waals surface area contributed by atoms with Crippen LogP contribution in [-0.2, 0) is 16.1 Å². The van der Waals surface area contributed by atoms with Gasteiger partial charge >= 0.3 is 5.97 Å². The third-order valence-electron chi connectivity index (χ3n) is 4.51. The molecule has 2 aromatic rings. The van der Waals surface area contributed by atoms with Gasteiger partial charge in [0, 0.05) is 13.7 Å². The van der Waals surface area contributed by atoms with Crippen molar-refractivity contribution in [2.24, 2.45) is 0 Å². The van der Waals surface area contributed by atoms with Gasteiger partial charge in [0.25, 0.3) is 5.91 Å². The van der Waals surface area contributed by atoms with Crippen molar-refractivity contribution in [3.63, 3.8) is 0 Å². The van der Waals surface area contributed by atoms with Crippen LogP contribution in [0.25, 0.3) is 10.2 Å². The number of aromatic nitrogens is 2. The molecular weight excluding hydrogens is 358 g/mol. The first kappa shape index (κ1) is 18.5. The number of hydrogen-bond donors (Lipinski definition) is 1. The molecule has 2 aromatic heterocycles. The topological polar surface area (TPSA) is 102 Å². The van der Waals surface area contributed by atoms with Crippen LogP contribution in [0.1, 0.15) is 40.3 Å². The third-order valence-corrected chi connectivity index (χ3v) is 5.69. The molecule has 0 bridgehead atoms. The van der Waals surface area contributed by atoms with Crippen LogP contribution in [0.4, 0.5) is 0 Å². The van der Waals surface area contributed by atoms with Gasteiger partial charge in [0.05, 0.1) is 17.4 Å². The maximum atomic E-state index is 13.1. The summed E-state index contributed by atoms with van der Waals surface area (Å²) >= 11 is 1.24. The van der Waals surface area contributed by atoms with Crippen LogP contribution in [-0.4, -0.2) is 58.7 Å². The summed E-state index contributed by atoms with van der Waals surface area (Å²) in [7, 11) is 3.07. The van der Waals surface area contributed by atoms with Gasteiger partial charge in [-0.2, -0.15) is 4.98 Å². The van der Waals surface area contributed by atoms with Crippen molar-refractivity contribution >= 4 is 33.4 Å². The van der Waals surface area contributed by atoms with Gasteiger partial charge < -0.3 is 19.5 Å². The number of amides is 1.